The number of aromatic nitrogens is 3. The van der Waals surface area contributed by atoms with E-state index in [-0.39, 0.29) is 36.1 Å². The second kappa shape index (κ2) is 23.5. The molecule has 0 aliphatic heterocycles. The average molecular weight is 781 g/mol. The SMILES string of the molecule is CCCCC(C)C(OC=O)c1ccc(Nc2nc(Nc3ccc(C(OC=O)C(C)CCCC)cc3)nc(Nc3ccc(C(OC=O)C(C)CCCC)cc3)n2)cc1. The Morgan fingerprint density at radius 3 is 0.912 bits per heavy atom. The Morgan fingerprint density at radius 1 is 0.456 bits per heavy atom. The maximum Gasteiger partial charge on any atom is 0.293 e. The van der Waals surface area contributed by atoms with Crippen molar-refractivity contribution in [1.29, 1.82) is 0 Å². The van der Waals surface area contributed by atoms with Crippen molar-refractivity contribution in [2.24, 2.45) is 17.8 Å². The molecule has 3 aromatic carbocycles. The highest BCUT2D eigenvalue weighted by atomic mass is 16.5. The molecule has 0 aliphatic rings. The van der Waals surface area contributed by atoms with E-state index in [1.165, 1.54) is 0 Å². The van der Waals surface area contributed by atoms with Gasteiger partial charge in [0.25, 0.3) is 19.4 Å². The summed E-state index contributed by atoms with van der Waals surface area (Å²) in [7, 11) is 0. The molecule has 0 saturated heterocycles. The van der Waals surface area contributed by atoms with E-state index in [2.05, 4.69) is 72.4 Å². The first-order chi connectivity index (χ1) is 27.7. The summed E-state index contributed by atoms with van der Waals surface area (Å²) in [4.78, 5) is 48.2. The van der Waals surface area contributed by atoms with Gasteiger partial charge in [-0.05, 0) is 90.1 Å². The van der Waals surface area contributed by atoms with E-state index in [1.54, 1.807) is 0 Å². The Bertz CT molecular complexity index is 1570. The number of carbonyl (C=O) groups is 3. The van der Waals surface area contributed by atoms with Gasteiger partial charge in [0, 0.05) is 17.1 Å². The molecular weight excluding hydrogens is 721 g/mol. The highest BCUT2D eigenvalue weighted by Crippen LogP contribution is 2.33. The molecule has 4 rings (SSSR count). The van der Waals surface area contributed by atoms with Gasteiger partial charge in [-0.2, -0.15) is 15.0 Å². The van der Waals surface area contributed by atoms with Gasteiger partial charge in [0.05, 0.1) is 0 Å². The lowest BCUT2D eigenvalue weighted by Crippen LogP contribution is -2.13. The van der Waals surface area contributed by atoms with Crippen LogP contribution in [0.5, 0.6) is 0 Å². The number of carbonyl (C=O) groups excluding carboxylic acids is 3. The summed E-state index contributed by atoms with van der Waals surface area (Å²) in [6.45, 7) is 14.3. The molecule has 1 heterocycles. The van der Waals surface area contributed by atoms with Gasteiger partial charge >= 0.3 is 0 Å². The van der Waals surface area contributed by atoms with Crippen molar-refractivity contribution in [3.05, 3.63) is 89.5 Å². The summed E-state index contributed by atoms with van der Waals surface area (Å²) in [5.74, 6) is 1.39. The zero-order chi connectivity index (χ0) is 41.0. The van der Waals surface area contributed by atoms with Crippen LogP contribution in [0.2, 0.25) is 0 Å². The molecule has 0 radical (unpaired) electrons. The summed E-state index contributed by atoms with van der Waals surface area (Å²) in [5.41, 5.74) is 4.93. The van der Waals surface area contributed by atoms with Crippen molar-refractivity contribution in [2.45, 2.75) is 118 Å². The lowest BCUT2D eigenvalue weighted by Gasteiger charge is -2.23. The molecule has 12 heteroatoms. The van der Waals surface area contributed by atoms with Crippen molar-refractivity contribution < 1.29 is 28.6 Å². The van der Waals surface area contributed by atoms with Crippen LogP contribution >= 0.6 is 0 Å². The van der Waals surface area contributed by atoms with Crippen LogP contribution in [0, 0.1) is 17.8 Å². The molecule has 0 spiro atoms. The zero-order valence-electron chi connectivity index (χ0n) is 34.3. The third-order valence-corrected chi connectivity index (χ3v) is 10.3. The lowest BCUT2D eigenvalue weighted by molar-refractivity contribution is -0.137. The first kappa shape index (κ1) is 44.2. The Balaban J connectivity index is 1.61. The zero-order valence-corrected chi connectivity index (χ0v) is 34.3. The number of hydrogen-bond donors (Lipinski definition) is 3. The fourth-order valence-corrected chi connectivity index (χ4v) is 7.03. The van der Waals surface area contributed by atoms with Crippen molar-refractivity contribution in [1.82, 2.24) is 15.0 Å². The number of rotatable bonds is 27. The number of nitrogens with one attached hydrogen (secondary N) is 3. The number of ether oxygens (including phenoxy) is 3. The van der Waals surface area contributed by atoms with E-state index in [4.69, 9.17) is 14.2 Å². The van der Waals surface area contributed by atoms with Crippen LogP contribution in [-0.2, 0) is 28.6 Å². The van der Waals surface area contributed by atoms with E-state index in [0.717, 1.165) is 91.5 Å². The van der Waals surface area contributed by atoms with Crippen molar-refractivity contribution in [3.8, 4) is 0 Å². The number of anilines is 6. The van der Waals surface area contributed by atoms with Gasteiger partial charge in [-0.25, -0.2) is 0 Å². The molecule has 1 aromatic heterocycles. The molecule has 6 unspecified atom stereocenters. The minimum Gasteiger partial charge on any atom is -0.459 e. The summed E-state index contributed by atoms with van der Waals surface area (Å²) in [6.07, 6.45) is 8.21. The van der Waals surface area contributed by atoms with Gasteiger partial charge in [0.2, 0.25) is 17.8 Å². The topological polar surface area (TPSA) is 154 Å². The van der Waals surface area contributed by atoms with Crippen molar-refractivity contribution in [3.63, 3.8) is 0 Å². The lowest BCUT2D eigenvalue weighted by atomic mass is 9.92. The first-order valence-electron chi connectivity index (χ1n) is 20.4. The predicted octanol–water partition coefficient (Wildman–Crippen LogP) is 11.2. The van der Waals surface area contributed by atoms with Crippen LogP contribution in [0.25, 0.3) is 0 Å². The molecular formula is C45H60N6O6. The van der Waals surface area contributed by atoms with Crippen LogP contribution in [-0.4, -0.2) is 34.4 Å². The molecule has 0 saturated carbocycles. The van der Waals surface area contributed by atoms with E-state index < -0.39 is 0 Å². The maximum atomic E-state index is 11.4. The van der Waals surface area contributed by atoms with Crippen LogP contribution in [0.4, 0.5) is 34.9 Å². The molecule has 0 amide bonds. The monoisotopic (exact) mass is 780 g/mol. The minimum absolute atomic E-state index is 0.170. The maximum absolute atomic E-state index is 11.4. The van der Waals surface area contributed by atoms with Gasteiger partial charge in [0.15, 0.2) is 0 Å². The smallest absolute Gasteiger partial charge is 0.293 e. The molecule has 4 aromatic rings. The highest BCUT2D eigenvalue weighted by Gasteiger charge is 2.23. The van der Waals surface area contributed by atoms with Crippen molar-refractivity contribution in [2.75, 3.05) is 16.0 Å². The first-order valence-corrected chi connectivity index (χ1v) is 20.4. The number of unbranched alkanes of at least 4 members (excludes halogenated alkanes) is 3. The van der Waals surface area contributed by atoms with E-state index in [9.17, 15) is 14.4 Å². The summed E-state index contributed by atoms with van der Waals surface area (Å²) >= 11 is 0. The average Bonchev–Trinajstić information content (AvgIpc) is 3.22. The standard InChI is InChI=1S/C45H60N6O6/c1-7-10-13-31(4)40(55-28-52)34-16-22-37(23-17-34)46-43-49-44(47-38-24-18-35(19-25-38)41(56-29-53)32(5)14-11-8-2)51-45(50-43)48-39-26-20-36(21-27-39)42(57-30-54)33(6)15-12-9-3/h16-33,40-42H,7-15H2,1-6H3,(H3,46,47,48,49,50,51). The third-order valence-electron chi connectivity index (χ3n) is 10.3. The Morgan fingerprint density at radius 2 is 0.702 bits per heavy atom. The van der Waals surface area contributed by atoms with E-state index in [1.807, 2.05) is 72.8 Å². The fraction of sp³-hybridized carbons (Fsp3) is 0.467. The van der Waals surface area contributed by atoms with Gasteiger partial charge in [-0.15, -0.1) is 0 Å². The summed E-state index contributed by atoms with van der Waals surface area (Å²) in [6, 6.07) is 23.1. The largest absolute Gasteiger partial charge is 0.459 e. The third kappa shape index (κ3) is 13.6. The normalized spacial score (nSPS) is 14.2. The van der Waals surface area contributed by atoms with Crippen LogP contribution in [0.15, 0.2) is 72.8 Å². The number of benzene rings is 3. The molecule has 0 aliphatic carbocycles. The number of nitrogens with zero attached hydrogens (tertiary/aromatic N) is 3. The van der Waals surface area contributed by atoms with Gasteiger partial charge < -0.3 is 30.2 Å². The molecule has 0 fully saturated rings. The van der Waals surface area contributed by atoms with E-state index >= 15 is 0 Å². The molecule has 12 nitrogen and oxygen atoms in total. The Labute approximate surface area is 337 Å². The fourth-order valence-electron chi connectivity index (χ4n) is 7.03. The van der Waals surface area contributed by atoms with Crippen molar-refractivity contribution >= 4 is 54.3 Å². The molecule has 6 atom stereocenters. The summed E-state index contributed by atoms with van der Waals surface area (Å²) in [5, 5.41) is 9.90. The second-order valence-corrected chi connectivity index (χ2v) is 14.9. The van der Waals surface area contributed by atoms with Gasteiger partial charge in [-0.1, -0.05) is 116 Å². The minimum atomic E-state index is -0.343. The second-order valence-electron chi connectivity index (χ2n) is 14.9. The highest BCUT2D eigenvalue weighted by molar-refractivity contribution is 5.62. The quantitative estimate of drug-likeness (QED) is 0.0390. The molecule has 57 heavy (non-hydrogen) atoms. The Hall–Kier alpha value is -5.52. The molecule has 3 N–H and O–H groups in total. The predicted molar refractivity (Wildman–Crippen MR) is 225 cm³/mol. The van der Waals surface area contributed by atoms with Crippen LogP contribution < -0.4 is 16.0 Å². The summed E-state index contributed by atoms with van der Waals surface area (Å²) < 4.78 is 16.5. The molecule has 0 bridgehead atoms. The van der Waals surface area contributed by atoms with Crippen LogP contribution in [0.1, 0.15) is 134 Å². The van der Waals surface area contributed by atoms with Crippen LogP contribution in [0.3, 0.4) is 0 Å². The molecule has 306 valence electrons. The van der Waals surface area contributed by atoms with E-state index in [0.29, 0.717) is 37.3 Å². The van der Waals surface area contributed by atoms with Gasteiger partial charge in [0.1, 0.15) is 18.3 Å². The Kier molecular flexibility index (Phi) is 18.2. The number of hydrogen-bond acceptors (Lipinski definition) is 12. The van der Waals surface area contributed by atoms with Gasteiger partial charge in [-0.3, -0.25) is 14.4 Å².